The van der Waals surface area contributed by atoms with Crippen LogP contribution >= 0.6 is 0 Å². The standard InChI is InChI=1S/C66H43N3O2/c1-4-16-44(17-5-1)45-28-31-50(32-29-45)69-61-25-13-10-22-55(61)60-40-46(30-37-62(60)69)47-38-53(67(48-18-6-2-7-19-48)51-33-35-58-56-23-11-14-26-63(56)70-65(58)42-51)41-54(39-47)68(49-20-8-3-9-21-49)52-34-36-59-57-24-12-15-27-64(57)71-66(59)43-52/h1-43H. The zero-order valence-corrected chi connectivity index (χ0v) is 38.5. The van der Waals surface area contributed by atoms with Crippen LogP contribution in [0, 0.1) is 0 Å². The maximum Gasteiger partial charge on any atom is 0.137 e. The Labute approximate surface area is 409 Å². The molecular weight excluding hydrogens is 867 g/mol. The van der Waals surface area contributed by atoms with Crippen LogP contribution in [0.25, 0.3) is 93.6 Å². The van der Waals surface area contributed by atoms with Crippen molar-refractivity contribution in [3.63, 3.8) is 0 Å². The van der Waals surface area contributed by atoms with Crippen molar-refractivity contribution in [3.8, 4) is 27.9 Å². The first-order valence-electron chi connectivity index (χ1n) is 24.1. The molecule has 0 amide bonds. The van der Waals surface area contributed by atoms with E-state index in [0.717, 1.165) is 106 Å². The van der Waals surface area contributed by atoms with E-state index < -0.39 is 0 Å². The summed E-state index contributed by atoms with van der Waals surface area (Å²) in [5.41, 5.74) is 17.4. The number of anilines is 6. The second-order valence-corrected chi connectivity index (χ2v) is 18.1. The molecule has 3 heterocycles. The zero-order chi connectivity index (χ0) is 46.8. The number of furan rings is 2. The Morgan fingerprint density at radius 3 is 1.27 bits per heavy atom. The van der Waals surface area contributed by atoms with Crippen molar-refractivity contribution < 1.29 is 8.83 Å². The third-order valence-corrected chi connectivity index (χ3v) is 13.9. The SMILES string of the molecule is c1ccc(-c2ccc(-n3c4ccccc4c4cc(-c5cc(N(c6ccccc6)c6ccc7c(c6)oc6ccccc67)cc(N(c6ccccc6)c6ccc7c(c6)oc6ccccc67)c5)ccc43)cc2)cc1. The number of para-hydroxylation sites is 5. The fourth-order valence-corrected chi connectivity index (χ4v) is 10.6. The lowest BCUT2D eigenvalue weighted by atomic mass is 9.99. The lowest BCUT2D eigenvalue weighted by Crippen LogP contribution is -2.13. The molecule has 0 atom stereocenters. The van der Waals surface area contributed by atoms with Gasteiger partial charge >= 0.3 is 0 Å². The van der Waals surface area contributed by atoms with Gasteiger partial charge in [-0.15, -0.1) is 0 Å². The van der Waals surface area contributed by atoms with Crippen LogP contribution in [0.4, 0.5) is 34.1 Å². The zero-order valence-electron chi connectivity index (χ0n) is 38.5. The van der Waals surface area contributed by atoms with Gasteiger partial charge < -0.3 is 23.2 Å². The molecular formula is C66H43N3O2. The summed E-state index contributed by atoms with van der Waals surface area (Å²) in [5, 5.41) is 6.76. The summed E-state index contributed by atoms with van der Waals surface area (Å²) < 4.78 is 15.5. The second kappa shape index (κ2) is 16.6. The quantitative estimate of drug-likeness (QED) is 0.145. The molecule has 5 heteroatoms. The Bertz CT molecular complexity index is 4110. The van der Waals surface area contributed by atoms with Crippen molar-refractivity contribution in [2.45, 2.75) is 0 Å². The molecule has 0 aliphatic rings. The topological polar surface area (TPSA) is 37.7 Å². The summed E-state index contributed by atoms with van der Waals surface area (Å²) >= 11 is 0. The van der Waals surface area contributed by atoms with Crippen LogP contribution in [0.15, 0.2) is 270 Å². The van der Waals surface area contributed by atoms with Gasteiger partial charge in [-0.05, 0) is 131 Å². The van der Waals surface area contributed by atoms with Crippen molar-refractivity contribution in [2.24, 2.45) is 0 Å². The smallest absolute Gasteiger partial charge is 0.137 e. The fraction of sp³-hybridized carbons (Fsp3) is 0. The Morgan fingerprint density at radius 2 is 0.690 bits per heavy atom. The number of aromatic nitrogens is 1. The van der Waals surface area contributed by atoms with Crippen LogP contribution < -0.4 is 9.80 Å². The Morgan fingerprint density at radius 1 is 0.239 bits per heavy atom. The molecule has 5 nitrogen and oxygen atoms in total. The number of hydrogen-bond donors (Lipinski definition) is 0. The first kappa shape index (κ1) is 40.5. The normalized spacial score (nSPS) is 11.7. The highest BCUT2D eigenvalue weighted by atomic mass is 16.3. The highest BCUT2D eigenvalue weighted by Crippen LogP contribution is 2.46. The molecule has 0 N–H and O–H groups in total. The maximum absolute atomic E-state index is 6.53. The third kappa shape index (κ3) is 6.94. The molecule has 334 valence electrons. The van der Waals surface area contributed by atoms with E-state index in [1.165, 1.54) is 21.9 Å². The van der Waals surface area contributed by atoms with Crippen molar-refractivity contribution in [2.75, 3.05) is 9.80 Å². The summed E-state index contributed by atoms with van der Waals surface area (Å²) in [6, 6.07) is 93.0. The van der Waals surface area contributed by atoms with Crippen LogP contribution in [-0.4, -0.2) is 4.57 Å². The molecule has 14 aromatic rings. The predicted octanol–water partition coefficient (Wildman–Crippen LogP) is 18.9. The van der Waals surface area contributed by atoms with E-state index in [-0.39, 0.29) is 0 Å². The van der Waals surface area contributed by atoms with Gasteiger partial charge in [-0.1, -0.05) is 140 Å². The number of fused-ring (bicyclic) bond motifs is 9. The van der Waals surface area contributed by atoms with Gasteiger partial charge in [-0.3, -0.25) is 0 Å². The monoisotopic (exact) mass is 909 g/mol. The molecule has 0 aliphatic heterocycles. The molecule has 3 aromatic heterocycles. The lowest BCUT2D eigenvalue weighted by molar-refractivity contribution is 0.668. The predicted molar refractivity (Wildman–Crippen MR) is 296 cm³/mol. The number of benzene rings is 11. The molecule has 71 heavy (non-hydrogen) atoms. The van der Waals surface area contributed by atoms with Crippen LogP contribution in [0.2, 0.25) is 0 Å². The van der Waals surface area contributed by atoms with Gasteiger partial charge in [0.1, 0.15) is 22.3 Å². The van der Waals surface area contributed by atoms with E-state index in [1.54, 1.807) is 0 Å². The molecule has 0 fully saturated rings. The van der Waals surface area contributed by atoms with Crippen LogP contribution in [0.1, 0.15) is 0 Å². The Kier molecular flexibility index (Phi) is 9.46. The minimum Gasteiger partial charge on any atom is -0.456 e. The van der Waals surface area contributed by atoms with E-state index in [0.29, 0.717) is 0 Å². The summed E-state index contributed by atoms with van der Waals surface area (Å²) in [4.78, 5) is 4.68. The molecule has 0 unspecified atom stereocenters. The average molecular weight is 910 g/mol. The summed E-state index contributed by atoms with van der Waals surface area (Å²) in [7, 11) is 0. The maximum atomic E-state index is 6.53. The van der Waals surface area contributed by atoms with Gasteiger partial charge in [0.05, 0.1) is 11.0 Å². The van der Waals surface area contributed by atoms with Gasteiger partial charge in [0.15, 0.2) is 0 Å². The summed E-state index contributed by atoms with van der Waals surface area (Å²) in [6.07, 6.45) is 0. The van der Waals surface area contributed by atoms with Crippen LogP contribution in [-0.2, 0) is 0 Å². The van der Waals surface area contributed by atoms with Gasteiger partial charge in [0, 0.05) is 84.3 Å². The van der Waals surface area contributed by atoms with Crippen molar-refractivity contribution in [1.82, 2.24) is 4.57 Å². The second-order valence-electron chi connectivity index (χ2n) is 18.1. The Hall–Kier alpha value is -9.58. The van der Waals surface area contributed by atoms with E-state index in [4.69, 9.17) is 8.83 Å². The molecule has 0 aliphatic carbocycles. The molecule has 11 aromatic carbocycles. The highest BCUT2D eigenvalue weighted by Gasteiger charge is 2.22. The van der Waals surface area contributed by atoms with Crippen molar-refractivity contribution >= 4 is 99.8 Å². The lowest BCUT2D eigenvalue weighted by Gasteiger charge is -2.30. The van der Waals surface area contributed by atoms with Crippen molar-refractivity contribution in [3.05, 3.63) is 261 Å². The summed E-state index contributed by atoms with van der Waals surface area (Å²) in [6.45, 7) is 0. The molecule has 0 spiro atoms. The molecule has 14 rings (SSSR count). The van der Waals surface area contributed by atoms with Crippen LogP contribution in [0.5, 0.6) is 0 Å². The first-order valence-corrected chi connectivity index (χ1v) is 24.1. The number of nitrogens with zero attached hydrogens (tertiary/aromatic N) is 3. The molecule has 0 bridgehead atoms. The Balaban J connectivity index is 0.992. The van der Waals surface area contributed by atoms with E-state index in [9.17, 15) is 0 Å². The van der Waals surface area contributed by atoms with Gasteiger partial charge in [0.25, 0.3) is 0 Å². The minimum absolute atomic E-state index is 0.836. The van der Waals surface area contributed by atoms with Crippen molar-refractivity contribution in [1.29, 1.82) is 0 Å². The van der Waals surface area contributed by atoms with E-state index in [2.05, 4.69) is 251 Å². The molecule has 0 saturated carbocycles. The number of hydrogen-bond acceptors (Lipinski definition) is 4. The van der Waals surface area contributed by atoms with E-state index >= 15 is 0 Å². The molecule has 0 radical (unpaired) electrons. The minimum atomic E-state index is 0.836. The third-order valence-electron chi connectivity index (χ3n) is 13.9. The van der Waals surface area contributed by atoms with E-state index in [1.807, 2.05) is 24.3 Å². The largest absolute Gasteiger partial charge is 0.456 e. The average Bonchev–Trinajstić information content (AvgIpc) is 4.11. The summed E-state index contributed by atoms with van der Waals surface area (Å²) in [5.74, 6) is 0. The van der Waals surface area contributed by atoms with Crippen LogP contribution in [0.3, 0.4) is 0 Å². The molecule has 0 saturated heterocycles. The fourth-order valence-electron chi connectivity index (χ4n) is 10.6. The highest BCUT2D eigenvalue weighted by molar-refractivity contribution is 6.11. The van der Waals surface area contributed by atoms with Gasteiger partial charge in [0.2, 0.25) is 0 Å². The first-order chi connectivity index (χ1) is 35.2. The van der Waals surface area contributed by atoms with Gasteiger partial charge in [-0.25, -0.2) is 0 Å². The van der Waals surface area contributed by atoms with Gasteiger partial charge in [-0.2, -0.15) is 0 Å². The number of rotatable bonds is 9.